The molecule has 228 valence electrons. The van der Waals surface area contributed by atoms with Crippen molar-refractivity contribution in [2.75, 3.05) is 25.3 Å². The van der Waals surface area contributed by atoms with Crippen LogP contribution in [0.25, 0.3) is 21.5 Å². The van der Waals surface area contributed by atoms with Crippen molar-refractivity contribution in [2.24, 2.45) is 0 Å². The van der Waals surface area contributed by atoms with Gasteiger partial charge in [0.2, 0.25) is 0 Å². The van der Waals surface area contributed by atoms with E-state index in [1.54, 1.807) is 24.3 Å². The Hall–Kier alpha value is -5.14. The van der Waals surface area contributed by atoms with Crippen molar-refractivity contribution in [3.8, 4) is 0 Å². The number of hydrogen-bond donors (Lipinski definition) is 2. The first kappa shape index (κ1) is 32.8. The molecule has 7 heteroatoms. The number of ether oxygens (including phenoxy) is 2. The standard InChI is InChI=1S/C19H17NO2.C10H9N.C9H9BrO2/c1-22-19(21)16-11-9-14(10-12-16)13-20-18-8-4-6-15-5-2-3-7-17(15)18;11-10-7-3-5-8-4-1-2-6-9(8)10;1-12-9(11)8-4-2-7(6-10)3-5-8/h2-12,20H,13H2,1H3;1-7H,11H2;2-5H,6H2,1H3. The number of methoxy groups -OCH3 is 2. The quantitative estimate of drug-likeness (QED) is 0.105. The van der Waals surface area contributed by atoms with Crippen LogP contribution >= 0.6 is 15.9 Å². The fraction of sp³-hybridized carbons (Fsp3) is 0.105. The van der Waals surface area contributed by atoms with Crippen LogP contribution in [0.2, 0.25) is 0 Å². The van der Waals surface area contributed by atoms with Gasteiger partial charge in [-0.2, -0.15) is 0 Å². The van der Waals surface area contributed by atoms with Crippen LogP contribution in [0.5, 0.6) is 0 Å². The van der Waals surface area contributed by atoms with Gasteiger partial charge in [0, 0.05) is 34.0 Å². The lowest BCUT2D eigenvalue weighted by Crippen LogP contribution is -2.03. The first-order chi connectivity index (χ1) is 21.9. The van der Waals surface area contributed by atoms with Crippen molar-refractivity contribution in [1.29, 1.82) is 0 Å². The van der Waals surface area contributed by atoms with Crippen LogP contribution in [0.3, 0.4) is 0 Å². The van der Waals surface area contributed by atoms with Crippen molar-refractivity contribution in [3.63, 3.8) is 0 Å². The van der Waals surface area contributed by atoms with Crippen LogP contribution < -0.4 is 11.1 Å². The summed E-state index contributed by atoms with van der Waals surface area (Å²) in [6.07, 6.45) is 0. The number of esters is 2. The van der Waals surface area contributed by atoms with E-state index in [0.717, 1.165) is 33.2 Å². The maximum absolute atomic E-state index is 11.4. The van der Waals surface area contributed by atoms with Crippen molar-refractivity contribution >= 4 is 60.8 Å². The number of hydrogen-bond acceptors (Lipinski definition) is 6. The summed E-state index contributed by atoms with van der Waals surface area (Å²) < 4.78 is 9.26. The van der Waals surface area contributed by atoms with Gasteiger partial charge in [-0.3, -0.25) is 0 Å². The second-order valence-corrected chi connectivity index (χ2v) is 10.5. The minimum absolute atomic E-state index is 0.295. The molecule has 0 spiro atoms. The van der Waals surface area contributed by atoms with E-state index >= 15 is 0 Å². The number of carbonyl (C=O) groups excluding carboxylic acids is 2. The van der Waals surface area contributed by atoms with Crippen LogP contribution in [0.4, 0.5) is 11.4 Å². The topological polar surface area (TPSA) is 90.6 Å². The molecule has 0 bridgehead atoms. The van der Waals surface area contributed by atoms with E-state index < -0.39 is 0 Å². The molecule has 45 heavy (non-hydrogen) atoms. The van der Waals surface area contributed by atoms with Gasteiger partial charge in [0.15, 0.2) is 0 Å². The number of benzene rings is 6. The molecule has 0 aliphatic rings. The zero-order valence-corrected chi connectivity index (χ0v) is 26.8. The average Bonchev–Trinajstić information content (AvgIpc) is 3.11. The molecule has 0 unspecified atom stereocenters. The van der Waals surface area contributed by atoms with Gasteiger partial charge in [-0.25, -0.2) is 9.59 Å². The molecular weight excluding hydrogens is 628 g/mol. The number of nitrogens with two attached hydrogens (primary N) is 1. The molecule has 0 aliphatic heterocycles. The molecule has 0 fully saturated rings. The number of nitrogens with one attached hydrogen (secondary N) is 1. The fourth-order valence-electron chi connectivity index (χ4n) is 4.55. The summed E-state index contributed by atoms with van der Waals surface area (Å²) in [6.45, 7) is 0.704. The minimum Gasteiger partial charge on any atom is -0.465 e. The second kappa shape index (κ2) is 16.6. The summed E-state index contributed by atoms with van der Waals surface area (Å²) in [4.78, 5) is 22.4. The summed E-state index contributed by atoms with van der Waals surface area (Å²) >= 11 is 3.32. The summed E-state index contributed by atoms with van der Waals surface area (Å²) in [5.41, 5.74) is 11.1. The second-order valence-electron chi connectivity index (χ2n) is 9.96. The molecule has 6 nitrogen and oxygen atoms in total. The Kier molecular flexibility index (Phi) is 12.1. The molecule has 0 saturated heterocycles. The van der Waals surface area contributed by atoms with E-state index in [1.165, 1.54) is 30.4 Å². The Morgan fingerprint density at radius 3 is 1.60 bits per heavy atom. The Morgan fingerprint density at radius 2 is 1.07 bits per heavy atom. The molecule has 0 aromatic heterocycles. The lowest BCUT2D eigenvalue weighted by molar-refractivity contribution is 0.0592. The predicted molar refractivity (Wildman–Crippen MR) is 188 cm³/mol. The number of halogens is 1. The Bertz CT molecular complexity index is 1840. The molecule has 3 N–H and O–H groups in total. The lowest BCUT2D eigenvalue weighted by atomic mass is 10.1. The van der Waals surface area contributed by atoms with Crippen molar-refractivity contribution in [1.82, 2.24) is 0 Å². The van der Waals surface area contributed by atoms with Gasteiger partial charge in [-0.05, 0) is 58.3 Å². The third-order valence-electron chi connectivity index (χ3n) is 7.00. The van der Waals surface area contributed by atoms with Gasteiger partial charge in [-0.1, -0.05) is 113 Å². The van der Waals surface area contributed by atoms with Crippen LogP contribution in [-0.4, -0.2) is 26.2 Å². The van der Waals surface area contributed by atoms with E-state index in [2.05, 4.69) is 62.4 Å². The third kappa shape index (κ3) is 9.17. The van der Waals surface area contributed by atoms with E-state index in [-0.39, 0.29) is 11.9 Å². The van der Waals surface area contributed by atoms with Gasteiger partial charge in [-0.15, -0.1) is 0 Å². The predicted octanol–water partition coefficient (Wildman–Crippen LogP) is 9.03. The smallest absolute Gasteiger partial charge is 0.337 e. The maximum Gasteiger partial charge on any atom is 0.337 e. The monoisotopic (exact) mass is 662 g/mol. The zero-order valence-electron chi connectivity index (χ0n) is 25.2. The molecule has 0 heterocycles. The SMILES string of the molecule is COC(=O)c1ccc(CBr)cc1.COC(=O)c1ccc(CNc2cccc3ccccc23)cc1.Nc1cccc2ccccc12. The molecule has 6 aromatic carbocycles. The van der Waals surface area contributed by atoms with E-state index in [9.17, 15) is 9.59 Å². The molecule has 0 amide bonds. The average molecular weight is 664 g/mol. The van der Waals surface area contributed by atoms with E-state index in [4.69, 9.17) is 10.5 Å². The highest BCUT2D eigenvalue weighted by atomic mass is 79.9. The molecular formula is C38H35BrN2O4. The van der Waals surface area contributed by atoms with Gasteiger partial charge in [0.1, 0.15) is 0 Å². The number of fused-ring (bicyclic) bond motifs is 2. The zero-order chi connectivity index (χ0) is 32.0. The van der Waals surface area contributed by atoms with Gasteiger partial charge in [0.25, 0.3) is 0 Å². The Balaban J connectivity index is 0.000000169. The van der Waals surface area contributed by atoms with Crippen LogP contribution in [0.1, 0.15) is 31.8 Å². The Labute approximate surface area is 271 Å². The number of nitrogen functional groups attached to an aromatic ring is 1. The maximum atomic E-state index is 11.4. The molecule has 0 radical (unpaired) electrons. The number of rotatable bonds is 6. The number of carbonyl (C=O) groups is 2. The van der Waals surface area contributed by atoms with Crippen LogP contribution in [0, 0.1) is 0 Å². The van der Waals surface area contributed by atoms with E-state index in [1.807, 2.05) is 72.8 Å². The van der Waals surface area contributed by atoms with Crippen molar-refractivity contribution in [2.45, 2.75) is 11.9 Å². The molecule has 6 aromatic rings. The fourth-order valence-corrected chi connectivity index (χ4v) is 4.93. The number of alkyl halides is 1. The first-order valence-corrected chi connectivity index (χ1v) is 15.4. The van der Waals surface area contributed by atoms with Crippen LogP contribution in [0.15, 0.2) is 133 Å². The normalized spacial score (nSPS) is 10.1. The highest BCUT2D eigenvalue weighted by Gasteiger charge is 2.05. The summed E-state index contributed by atoms with van der Waals surface area (Å²) in [5, 5.41) is 9.01. The first-order valence-electron chi connectivity index (χ1n) is 14.3. The van der Waals surface area contributed by atoms with Gasteiger partial charge < -0.3 is 20.5 Å². The van der Waals surface area contributed by atoms with Gasteiger partial charge >= 0.3 is 11.9 Å². The summed E-state index contributed by atoms with van der Waals surface area (Å²) in [6, 6.07) is 43.3. The largest absolute Gasteiger partial charge is 0.465 e. The van der Waals surface area contributed by atoms with Crippen LogP contribution in [-0.2, 0) is 21.3 Å². The number of anilines is 2. The highest BCUT2D eigenvalue weighted by molar-refractivity contribution is 9.08. The van der Waals surface area contributed by atoms with E-state index in [0.29, 0.717) is 17.7 Å². The highest BCUT2D eigenvalue weighted by Crippen LogP contribution is 2.23. The van der Waals surface area contributed by atoms with Crippen molar-refractivity contribution < 1.29 is 19.1 Å². The molecule has 0 aliphatic carbocycles. The molecule has 6 rings (SSSR count). The minimum atomic E-state index is -0.312. The molecule has 0 atom stereocenters. The van der Waals surface area contributed by atoms with Gasteiger partial charge in [0.05, 0.1) is 25.3 Å². The third-order valence-corrected chi connectivity index (χ3v) is 7.65. The molecule has 0 saturated carbocycles. The summed E-state index contributed by atoms with van der Waals surface area (Å²) in [7, 11) is 2.76. The van der Waals surface area contributed by atoms with Crippen molar-refractivity contribution in [3.05, 3.63) is 156 Å². The Morgan fingerprint density at radius 1 is 0.600 bits per heavy atom. The summed E-state index contributed by atoms with van der Waals surface area (Å²) in [5.74, 6) is -0.607. The lowest BCUT2D eigenvalue weighted by Gasteiger charge is -2.10.